The molecule has 3 rings (SSSR count). The van der Waals surface area contributed by atoms with Crippen LogP contribution < -0.4 is 0 Å². The van der Waals surface area contributed by atoms with Gasteiger partial charge in [0.25, 0.3) is 0 Å². The molecular formula is C18H11Br2F. The van der Waals surface area contributed by atoms with Crippen LogP contribution in [0.25, 0.3) is 22.9 Å². The van der Waals surface area contributed by atoms with Crippen molar-refractivity contribution < 1.29 is 4.39 Å². The summed E-state index contributed by atoms with van der Waals surface area (Å²) in [5, 5.41) is 2.37. The lowest BCUT2D eigenvalue weighted by atomic mass is 10.1. The van der Waals surface area contributed by atoms with Crippen molar-refractivity contribution in [2.75, 3.05) is 0 Å². The predicted octanol–water partition coefficient (Wildman–Crippen LogP) is 6.67. The molecule has 0 unspecified atom stereocenters. The Morgan fingerprint density at radius 1 is 0.714 bits per heavy atom. The molecule has 0 aliphatic heterocycles. The molecule has 0 N–H and O–H groups in total. The van der Waals surface area contributed by atoms with E-state index in [0.29, 0.717) is 4.47 Å². The quantitative estimate of drug-likeness (QED) is 0.417. The molecule has 0 amide bonds. The summed E-state index contributed by atoms with van der Waals surface area (Å²) in [7, 11) is 0. The van der Waals surface area contributed by atoms with E-state index in [1.807, 2.05) is 24.3 Å². The fourth-order valence-corrected chi connectivity index (χ4v) is 2.77. The van der Waals surface area contributed by atoms with Gasteiger partial charge in [0.05, 0.1) is 4.47 Å². The Balaban J connectivity index is 1.91. The summed E-state index contributed by atoms with van der Waals surface area (Å²) >= 11 is 6.63. The van der Waals surface area contributed by atoms with Crippen LogP contribution in [0.2, 0.25) is 0 Å². The highest BCUT2D eigenvalue weighted by Gasteiger charge is 1.99. The van der Waals surface area contributed by atoms with Crippen molar-refractivity contribution >= 4 is 54.8 Å². The van der Waals surface area contributed by atoms with Gasteiger partial charge in [-0.25, -0.2) is 4.39 Å². The van der Waals surface area contributed by atoms with Crippen molar-refractivity contribution in [3.05, 3.63) is 80.5 Å². The van der Waals surface area contributed by atoms with Gasteiger partial charge in [0.2, 0.25) is 0 Å². The molecule has 0 aliphatic carbocycles. The molecule has 104 valence electrons. The molecule has 3 heteroatoms. The molecule has 0 atom stereocenters. The molecule has 0 radical (unpaired) electrons. The maximum Gasteiger partial charge on any atom is 0.137 e. The molecule has 0 aliphatic rings. The van der Waals surface area contributed by atoms with Crippen molar-refractivity contribution in [1.29, 1.82) is 0 Å². The first-order chi connectivity index (χ1) is 10.1. The van der Waals surface area contributed by atoms with Gasteiger partial charge in [0.1, 0.15) is 5.82 Å². The summed E-state index contributed by atoms with van der Waals surface area (Å²) in [6, 6.07) is 17.6. The molecule has 3 aromatic rings. The highest BCUT2D eigenvalue weighted by molar-refractivity contribution is 9.10. The van der Waals surface area contributed by atoms with E-state index in [-0.39, 0.29) is 5.82 Å². The Morgan fingerprint density at radius 2 is 1.33 bits per heavy atom. The van der Waals surface area contributed by atoms with Crippen molar-refractivity contribution in [3.8, 4) is 0 Å². The van der Waals surface area contributed by atoms with Gasteiger partial charge in [-0.3, -0.25) is 0 Å². The lowest BCUT2D eigenvalue weighted by Gasteiger charge is -2.01. The zero-order valence-corrected chi connectivity index (χ0v) is 14.2. The van der Waals surface area contributed by atoms with Crippen molar-refractivity contribution in [2.45, 2.75) is 0 Å². The highest BCUT2D eigenvalue weighted by atomic mass is 79.9. The standard InChI is InChI=1S/C18H11Br2F/c19-16-7-6-14-9-12(3-5-15(14)11-16)1-2-13-4-8-17(20)18(21)10-13/h1-11H/b2-1+. The Hall–Kier alpha value is -1.45. The van der Waals surface area contributed by atoms with Crippen LogP contribution in [-0.2, 0) is 0 Å². The third-order valence-corrected chi connectivity index (χ3v) is 4.37. The number of rotatable bonds is 2. The molecular weight excluding hydrogens is 395 g/mol. The number of fused-ring (bicyclic) bond motifs is 1. The van der Waals surface area contributed by atoms with Crippen LogP contribution in [0.1, 0.15) is 11.1 Å². The minimum atomic E-state index is -0.250. The van der Waals surface area contributed by atoms with Gasteiger partial charge >= 0.3 is 0 Å². The van der Waals surface area contributed by atoms with Crippen LogP contribution in [0.3, 0.4) is 0 Å². The van der Waals surface area contributed by atoms with Crippen molar-refractivity contribution in [3.63, 3.8) is 0 Å². The summed E-state index contributed by atoms with van der Waals surface area (Å²) < 4.78 is 15.0. The molecule has 21 heavy (non-hydrogen) atoms. The first kappa shape index (κ1) is 14.5. The lowest BCUT2D eigenvalue weighted by Crippen LogP contribution is -1.79. The molecule has 0 aromatic heterocycles. The Morgan fingerprint density at radius 3 is 2.10 bits per heavy atom. The minimum Gasteiger partial charge on any atom is -0.206 e. The van der Waals surface area contributed by atoms with Crippen LogP contribution in [0.4, 0.5) is 4.39 Å². The second-order valence-corrected chi connectivity index (χ2v) is 6.53. The average molecular weight is 406 g/mol. The van der Waals surface area contributed by atoms with E-state index in [4.69, 9.17) is 0 Å². The summed E-state index contributed by atoms with van der Waals surface area (Å²) in [6.07, 6.45) is 3.90. The monoisotopic (exact) mass is 404 g/mol. The highest BCUT2D eigenvalue weighted by Crippen LogP contribution is 2.22. The zero-order valence-electron chi connectivity index (χ0n) is 11.0. The summed E-state index contributed by atoms with van der Waals surface area (Å²) in [6.45, 7) is 0. The third kappa shape index (κ3) is 3.42. The van der Waals surface area contributed by atoms with E-state index in [1.165, 1.54) is 16.8 Å². The van der Waals surface area contributed by atoms with Crippen molar-refractivity contribution in [1.82, 2.24) is 0 Å². The fraction of sp³-hybridized carbons (Fsp3) is 0. The molecule has 0 fully saturated rings. The first-order valence-corrected chi connectivity index (χ1v) is 8.03. The summed E-state index contributed by atoms with van der Waals surface area (Å²) in [5.74, 6) is -0.250. The second kappa shape index (κ2) is 6.12. The van der Waals surface area contributed by atoms with E-state index < -0.39 is 0 Å². The average Bonchev–Trinajstić information content (AvgIpc) is 2.48. The number of benzene rings is 3. The number of hydrogen-bond acceptors (Lipinski definition) is 0. The fourth-order valence-electron chi connectivity index (χ4n) is 2.15. The molecule has 0 nitrogen and oxygen atoms in total. The third-order valence-electron chi connectivity index (χ3n) is 3.24. The Bertz CT molecular complexity index is 838. The largest absolute Gasteiger partial charge is 0.206 e. The number of halogens is 3. The molecule has 0 bridgehead atoms. The molecule has 0 saturated carbocycles. The van der Waals surface area contributed by atoms with Gasteiger partial charge in [-0.15, -0.1) is 0 Å². The maximum atomic E-state index is 13.5. The van der Waals surface area contributed by atoms with E-state index in [2.05, 4.69) is 62.2 Å². The van der Waals surface area contributed by atoms with Gasteiger partial charge in [0.15, 0.2) is 0 Å². The van der Waals surface area contributed by atoms with Crippen LogP contribution in [0.5, 0.6) is 0 Å². The van der Waals surface area contributed by atoms with E-state index in [1.54, 1.807) is 6.07 Å². The number of hydrogen-bond donors (Lipinski definition) is 0. The van der Waals surface area contributed by atoms with Gasteiger partial charge in [-0.05, 0) is 68.2 Å². The van der Waals surface area contributed by atoms with E-state index >= 15 is 0 Å². The Kier molecular flexibility index (Phi) is 4.22. The molecule has 0 heterocycles. The van der Waals surface area contributed by atoms with Crippen LogP contribution in [0.15, 0.2) is 63.5 Å². The molecule has 0 spiro atoms. The molecule has 3 aromatic carbocycles. The topological polar surface area (TPSA) is 0 Å². The van der Waals surface area contributed by atoms with Crippen LogP contribution in [-0.4, -0.2) is 0 Å². The Labute approximate surface area is 139 Å². The van der Waals surface area contributed by atoms with E-state index in [9.17, 15) is 4.39 Å². The second-order valence-electron chi connectivity index (χ2n) is 4.76. The first-order valence-electron chi connectivity index (χ1n) is 6.44. The zero-order chi connectivity index (χ0) is 14.8. The summed E-state index contributed by atoms with van der Waals surface area (Å²) in [5.41, 5.74) is 1.93. The van der Waals surface area contributed by atoms with Gasteiger partial charge < -0.3 is 0 Å². The summed E-state index contributed by atoms with van der Waals surface area (Å²) in [4.78, 5) is 0. The maximum absolute atomic E-state index is 13.5. The smallest absolute Gasteiger partial charge is 0.137 e. The lowest BCUT2D eigenvalue weighted by molar-refractivity contribution is 0.621. The predicted molar refractivity (Wildman–Crippen MR) is 94.7 cm³/mol. The van der Waals surface area contributed by atoms with Gasteiger partial charge in [-0.2, -0.15) is 0 Å². The normalized spacial score (nSPS) is 11.4. The minimum absolute atomic E-state index is 0.250. The van der Waals surface area contributed by atoms with Crippen molar-refractivity contribution in [2.24, 2.45) is 0 Å². The molecule has 0 saturated heterocycles. The van der Waals surface area contributed by atoms with Gasteiger partial charge in [-0.1, -0.05) is 52.3 Å². The van der Waals surface area contributed by atoms with Crippen LogP contribution in [0, 0.1) is 5.82 Å². The van der Waals surface area contributed by atoms with Gasteiger partial charge in [0, 0.05) is 4.47 Å². The SMILES string of the molecule is Fc1cc(/C=C/c2ccc3cc(Br)ccc3c2)ccc1Br. The van der Waals surface area contributed by atoms with Crippen LogP contribution >= 0.6 is 31.9 Å². The van der Waals surface area contributed by atoms with E-state index in [0.717, 1.165) is 15.6 Å².